The summed E-state index contributed by atoms with van der Waals surface area (Å²) < 4.78 is 36.6. The van der Waals surface area contributed by atoms with Crippen molar-refractivity contribution in [2.75, 3.05) is 18.1 Å². The highest BCUT2D eigenvalue weighted by atomic mass is 32.2. The molecule has 0 amide bonds. The van der Waals surface area contributed by atoms with Crippen molar-refractivity contribution in [1.82, 2.24) is 0 Å². The second kappa shape index (κ2) is 6.57. The Morgan fingerprint density at radius 1 is 1.25 bits per heavy atom. The zero-order valence-corrected chi connectivity index (χ0v) is 12.7. The molecular weight excluding hydrogens is 277 g/mol. The number of hydrogen-bond acceptors (Lipinski definition) is 3. The number of halogens is 1. The van der Waals surface area contributed by atoms with E-state index in [0.29, 0.717) is 6.54 Å². The second-order valence-electron chi connectivity index (χ2n) is 5.63. The maximum absolute atomic E-state index is 13.7. The van der Waals surface area contributed by atoms with Crippen LogP contribution in [0.4, 0.5) is 10.1 Å². The van der Waals surface area contributed by atoms with Crippen LogP contribution in [0.25, 0.3) is 0 Å². The van der Waals surface area contributed by atoms with Crippen LogP contribution in [0.3, 0.4) is 0 Å². The molecule has 1 aliphatic carbocycles. The Bertz CT molecular complexity index is 551. The normalized spacial score (nSPS) is 17.1. The molecule has 0 heterocycles. The predicted molar refractivity (Wildman–Crippen MR) is 79.2 cm³/mol. The first-order valence-electron chi connectivity index (χ1n) is 7.20. The molecule has 20 heavy (non-hydrogen) atoms. The number of nitrogens with one attached hydrogen (secondary N) is 1. The Morgan fingerprint density at radius 3 is 2.60 bits per heavy atom. The van der Waals surface area contributed by atoms with E-state index in [1.54, 1.807) is 0 Å². The number of hydrogen-bond donors (Lipinski definition) is 1. The molecule has 3 nitrogen and oxygen atoms in total. The van der Waals surface area contributed by atoms with Crippen LogP contribution in [0.5, 0.6) is 0 Å². The molecular formula is C15H22FNO2S. The Labute approximate surface area is 120 Å². The van der Waals surface area contributed by atoms with Gasteiger partial charge in [-0.15, -0.1) is 0 Å². The van der Waals surface area contributed by atoms with Gasteiger partial charge in [0.1, 0.15) is 5.82 Å². The Morgan fingerprint density at radius 2 is 1.95 bits per heavy atom. The van der Waals surface area contributed by atoms with Crippen LogP contribution in [-0.4, -0.2) is 21.2 Å². The van der Waals surface area contributed by atoms with Gasteiger partial charge >= 0.3 is 0 Å². The third-order valence-electron chi connectivity index (χ3n) is 3.96. The minimum Gasteiger partial charge on any atom is -0.383 e. The molecule has 112 valence electrons. The summed E-state index contributed by atoms with van der Waals surface area (Å²) in [5.41, 5.74) is 0.281. The van der Waals surface area contributed by atoms with Crippen molar-refractivity contribution < 1.29 is 12.8 Å². The number of anilines is 1. The van der Waals surface area contributed by atoms with Crippen molar-refractivity contribution in [1.29, 1.82) is 0 Å². The van der Waals surface area contributed by atoms with E-state index in [4.69, 9.17) is 0 Å². The summed E-state index contributed by atoms with van der Waals surface area (Å²) in [4.78, 5) is 0.152. The van der Waals surface area contributed by atoms with E-state index in [-0.39, 0.29) is 10.6 Å². The van der Waals surface area contributed by atoms with E-state index >= 15 is 0 Å². The molecule has 1 fully saturated rings. The summed E-state index contributed by atoms with van der Waals surface area (Å²) in [7, 11) is -3.29. The van der Waals surface area contributed by atoms with E-state index < -0.39 is 15.7 Å². The second-order valence-corrected chi connectivity index (χ2v) is 7.65. The van der Waals surface area contributed by atoms with Gasteiger partial charge in [0, 0.05) is 12.8 Å². The van der Waals surface area contributed by atoms with Gasteiger partial charge in [-0.2, -0.15) is 0 Å². The van der Waals surface area contributed by atoms with Crippen molar-refractivity contribution in [2.45, 2.75) is 43.4 Å². The van der Waals surface area contributed by atoms with Crippen LogP contribution in [0.2, 0.25) is 0 Å². The van der Waals surface area contributed by atoms with Gasteiger partial charge in [0.25, 0.3) is 0 Å². The average Bonchev–Trinajstić information content (AvgIpc) is 2.41. The highest BCUT2D eigenvalue weighted by molar-refractivity contribution is 7.90. The van der Waals surface area contributed by atoms with Crippen LogP contribution < -0.4 is 5.32 Å². The van der Waals surface area contributed by atoms with Gasteiger partial charge in [-0.1, -0.05) is 32.1 Å². The highest BCUT2D eigenvalue weighted by Gasteiger charge is 2.14. The Balaban J connectivity index is 1.94. The van der Waals surface area contributed by atoms with Crippen LogP contribution in [-0.2, 0) is 9.84 Å². The molecule has 1 N–H and O–H groups in total. The van der Waals surface area contributed by atoms with Gasteiger partial charge in [-0.25, -0.2) is 12.8 Å². The summed E-state index contributed by atoms with van der Waals surface area (Å²) in [5.74, 6) is 0.318. The van der Waals surface area contributed by atoms with Crippen LogP contribution in [0, 0.1) is 11.7 Å². The van der Waals surface area contributed by atoms with E-state index in [1.807, 2.05) is 0 Å². The molecule has 1 saturated carbocycles. The van der Waals surface area contributed by atoms with Gasteiger partial charge in [0.15, 0.2) is 9.84 Å². The van der Waals surface area contributed by atoms with Crippen molar-refractivity contribution in [3.05, 3.63) is 24.0 Å². The largest absolute Gasteiger partial charge is 0.383 e. The van der Waals surface area contributed by atoms with Crippen molar-refractivity contribution >= 4 is 15.5 Å². The van der Waals surface area contributed by atoms with Crippen LogP contribution in [0.15, 0.2) is 23.1 Å². The standard InChI is InChI=1S/C15H22FNO2S/c1-20(18,19)13-7-8-14(16)15(11-13)17-10-9-12-5-3-2-4-6-12/h7-8,11-12,17H,2-6,9-10H2,1H3. The smallest absolute Gasteiger partial charge is 0.175 e. The van der Waals surface area contributed by atoms with Crippen LogP contribution >= 0.6 is 0 Å². The molecule has 0 unspecified atom stereocenters. The van der Waals surface area contributed by atoms with Gasteiger partial charge < -0.3 is 5.32 Å². The van der Waals surface area contributed by atoms with Gasteiger partial charge in [-0.05, 0) is 30.5 Å². The summed E-state index contributed by atoms with van der Waals surface area (Å²) in [6.45, 7) is 0.689. The monoisotopic (exact) mass is 299 g/mol. The Kier molecular flexibility index (Phi) is 5.02. The molecule has 0 aliphatic heterocycles. The number of sulfone groups is 1. The summed E-state index contributed by atoms with van der Waals surface area (Å²) >= 11 is 0. The molecule has 1 aromatic rings. The molecule has 0 spiro atoms. The van der Waals surface area contributed by atoms with Gasteiger partial charge in [-0.3, -0.25) is 0 Å². The lowest BCUT2D eigenvalue weighted by atomic mass is 9.87. The van der Waals surface area contributed by atoms with E-state index in [9.17, 15) is 12.8 Å². The fraction of sp³-hybridized carbons (Fsp3) is 0.600. The van der Waals surface area contributed by atoms with E-state index in [0.717, 1.165) is 18.6 Å². The van der Waals surface area contributed by atoms with E-state index in [1.165, 1.54) is 50.3 Å². The van der Waals surface area contributed by atoms with Crippen molar-refractivity contribution in [3.63, 3.8) is 0 Å². The zero-order valence-electron chi connectivity index (χ0n) is 11.9. The van der Waals surface area contributed by atoms with Crippen LogP contribution in [0.1, 0.15) is 38.5 Å². The molecule has 0 saturated heterocycles. The van der Waals surface area contributed by atoms with E-state index in [2.05, 4.69) is 5.32 Å². The minimum atomic E-state index is -3.29. The molecule has 0 aromatic heterocycles. The first-order chi connectivity index (χ1) is 9.47. The molecule has 0 bridgehead atoms. The fourth-order valence-electron chi connectivity index (χ4n) is 2.76. The molecule has 5 heteroatoms. The third-order valence-corrected chi connectivity index (χ3v) is 5.07. The molecule has 0 radical (unpaired) electrons. The minimum absolute atomic E-state index is 0.152. The predicted octanol–water partition coefficient (Wildman–Crippen LogP) is 3.61. The molecule has 2 rings (SSSR count). The topological polar surface area (TPSA) is 46.2 Å². The maximum atomic E-state index is 13.7. The van der Waals surface area contributed by atoms with Crippen molar-refractivity contribution in [2.24, 2.45) is 5.92 Å². The SMILES string of the molecule is CS(=O)(=O)c1ccc(F)c(NCCC2CCCCC2)c1. The summed E-state index contributed by atoms with van der Waals surface area (Å²) in [6.07, 6.45) is 8.58. The van der Waals surface area contributed by atoms with Crippen molar-refractivity contribution in [3.8, 4) is 0 Å². The maximum Gasteiger partial charge on any atom is 0.175 e. The quantitative estimate of drug-likeness (QED) is 0.845. The lowest BCUT2D eigenvalue weighted by Crippen LogP contribution is -2.13. The molecule has 1 aliphatic rings. The third kappa shape index (κ3) is 4.20. The highest BCUT2D eigenvalue weighted by Crippen LogP contribution is 2.26. The summed E-state index contributed by atoms with van der Waals surface area (Å²) in [5, 5.41) is 3.03. The number of benzene rings is 1. The fourth-order valence-corrected chi connectivity index (χ4v) is 3.40. The Hall–Kier alpha value is -1.10. The van der Waals surface area contributed by atoms with Gasteiger partial charge in [0.2, 0.25) is 0 Å². The van der Waals surface area contributed by atoms with Gasteiger partial charge in [0.05, 0.1) is 10.6 Å². The lowest BCUT2D eigenvalue weighted by Gasteiger charge is -2.21. The lowest BCUT2D eigenvalue weighted by molar-refractivity contribution is 0.345. The first-order valence-corrected chi connectivity index (χ1v) is 9.09. The molecule has 1 aromatic carbocycles. The summed E-state index contributed by atoms with van der Waals surface area (Å²) in [6, 6.07) is 3.89. The average molecular weight is 299 g/mol. The number of rotatable bonds is 5. The molecule has 0 atom stereocenters. The zero-order chi connectivity index (χ0) is 14.6. The first kappa shape index (κ1) is 15.3.